The Hall–Kier alpha value is -2.04. The fourth-order valence-corrected chi connectivity index (χ4v) is 4.44. The highest BCUT2D eigenvalue weighted by molar-refractivity contribution is 9.10. The van der Waals surface area contributed by atoms with Gasteiger partial charge in [0.1, 0.15) is 0 Å². The highest BCUT2D eigenvalue weighted by Crippen LogP contribution is 2.41. The largest absolute Gasteiger partial charge is 0.493 e. The van der Waals surface area contributed by atoms with Gasteiger partial charge in [0.2, 0.25) is 0 Å². The average Bonchev–Trinajstić information content (AvgIpc) is 3.10. The zero-order valence-electron chi connectivity index (χ0n) is 16.0. The highest BCUT2D eigenvalue weighted by Gasteiger charge is 2.16. The monoisotopic (exact) mass is 442 g/mol. The van der Waals surface area contributed by atoms with Crippen LogP contribution in [0.5, 0.6) is 11.5 Å². The topological polar surface area (TPSA) is 18.5 Å². The molecule has 2 nitrogen and oxygen atoms in total. The molecule has 0 aliphatic carbocycles. The van der Waals surface area contributed by atoms with Crippen LogP contribution in [0.2, 0.25) is 0 Å². The number of benzene rings is 2. The molecule has 0 radical (unpaired) electrons. The smallest absolute Gasteiger partial charge is 0.168 e. The Morgan fingerprint density at radius 2 is 1.78 bits per heavy atom. The summed E-state index contributed by atoms with van der Waals surface area (Å²) >= 11 is 5.22. The Bertz CT molecular complexity index is 957. The number of hydrogen-bond donors (Lipinski definition) is 0. The molecule has 1 heterocycles. The van der Waals surface area contributed by atoms with E-state index >= 15 is 0 Å². The van der Waals surface area contributed by atoms with E-state index in [0.29, 0.717) is 5.92 Å². The van der Waals surface area contributed by atoms with Gasteiger partial charge in [0.25, 0.3) is 0 Å². The van der Waals surface area contributed by atoms with E-state index < -0.39 is 0 Å². The Kier molecular flexibility index (Phi) is 6.40. The summed E-state index contributed by atoms with van der Waals surface area (Å²) in [5, 5.41) is 2.09. The van der Waals surface area contributed by atoms with Gasteiger partial charge in [-0.15, -0.1) is 11.3 Å². The first-order chi connectivity index (χ1) is 13.0. The fourth-order valence-electron chi connectivity index (χ4n) is 3.11. The van der Waals surface area contributed by atoms with E-state index in [-0.39, 0.29) is 0 Å². The van der Waals surface area contributed by atoms with E-state index in [0.717, 1.165) is 27.1 Å². The first kappa shape index (κ1) is 19.7. The summed E-state index contributed by atoms with van der Waals surface area (Å²) in [6, 6.07) is 14.8. The minimum Gasteiger partial charge on any atom is -0.493 e. The van der Waals surface area contributed by atoms with Crippen LogP contribution in [0, 0.1) is 0 Å². The molecule has 2 aromatic carbocycles. The lowest BCUT2D eigenvalue weighted by atomic mass is 9.90. The van der Waals surface area contributed by atoms with Crippen molar-refractivity contribution in [3.05, 3.63) is 68.3 Å². The number of methoxy groups -OCH3 is 2. The predicted octanol–water partition coefficient (Wildman–Crippen LogP) is 7.49. The number of para-hydroxylation sites is 1. The van der Waals surface area contributed by atoms with Crippen molar-refractivity contribution in [2.75, 3.05) is 14.2 Å². The summed E-state index contributed by atoms with van der Waals surface area (Å²) in [5.41, 5.74) is 4.67. The van der Waals surface area contributed by atoms with Gasteiger partial charge in [-0.25, -0.2) is 0 Å². The molecule has 0 bridgehead atoms. The lowest BCUT2D eigenvalue weighted by Crippen LogP contribution is -1.97. The molecule has 0 spiro atoms. The van der Waals surface area contributed by atoms with Crippen molar-refractivity contribution < 1.29 is 9.47 Å². The Morgan fingerprint density at radius 3 is 2.41 bits per heavy atom. The third-order valence-electron chi connectivity index (χ3n) is 4.42. The lowest BCUT2D eigenvalue weighted by Gasteiger charge is -2.18. The summed E-state index contributed by atoms with van der Waals surface area (Å²) < 4.78 is 12.3. The molecule has 3 aromatic rings. The number of halogens is 1. The summed E-state index contributed by atoms with van der Waals surface area (Å²) in [4.78, 5) is 1.22. The zero-order chi connectivity index (χ0) is 19.4. The maximum Gasteiger partial charge on any atom is 0.168 e. The van der Waals surface area contributed by atoms with Gasteiger partial charge in [-0.3, -0.25) is 0 Å². The number of ether oxygens (including phenoxy) is 2. The van der Waals surface area contributed by atoms with Crippen LogP contribution < -0.4 is 9.47 Å². The molecule has 0 atom stereocenters. The third kappa shape index (κ3) is 4.45. The normalized spacial score (nSPS) is 11.3. The minimum atomic E-state index is 0.405. The van der Waals surface area contributed by atoms with Crippen LogP contribution in [0.25, 0.3) is 23.3 Å². The molecular weight excluding hydrogens is 420 g/mol. The molecule has 0 fully saturated rings. The second-order valence-corrected chi connectivity index (χ2v) is 8.40. The fraction of sp³-hybridized carbons (Fsp3) is 0.217. The van der Waals surface area contributed by atoms with E-state index in [2.05, 4.69) is 77.6 Å². The maximum absolute atomic E-state index is 5.68. The molecule has 0 aliphatic heterocycles. The van der Waals surface area contributed by atoms with E-state index in [1.54, 1.807) is 25.6 Å². The quantitative estimate of drug-likeness (QED) is 0.393. The first-order valence-electron chi connectivity index (χ1n) is 8.81. The van der Waals surface area contributed by atoms with Gasteiger partial charge in [0.05, 0.1) is 14.2 Å². The van der Waals surface area contributed by atoms with Gasteiger partial charge in [0, 0.05) is 20.3 Å². The van der Waals surface area contributed by atoms with Crippen LogP contribution in [0.1, 0.15) is 35.8 Å². The molecule has 0 saturated heterocycles. The van der Waals surface area contributed by atoms with Crippen molar-refractivity contribution in [3.8, 4) is 22.6 Å². The third-order valence-corrected chi connectivity index (χ3v) is 6.08. The van der Waals surface area contributed by atoms with Crippen molar-refractivity contribution in [2.24, 2.45) is 0 Å². The molecule has 140 valence electrons. The summed E-state index contributed by atoms with van der Waals surface area (Å²) in [7, 11) is 3.36. The van der Waals surface area contributed by atoms with E-state index in [1.165, 1.54) is 16.0 Å². The van der Waals surface area contributed by atoms with Crippen LogP contribution in [0.4, 0.5) is 0 Å². The standard InChI is InChI=1S/C23H23BrO2S/c1-15(2)19-11-9-16(8-10-18-13-17(24)14-27-18)12-21(19)20-6-5-7-22(25-3)23(20)26-4/h5-15H,1-4H3. The van der Waals surface area contributed by atoms with Crippen molar-refractivity contribution in [1.82, 2.24) is 0 Å². The van der Waals surface area contributed by atoms with Crippen LogP contribution >= 0.6 is 27.3 Å². The Morgan fingerprint density at radius 1 is 0.963 bits per heavy atom. The Labute approximate surface area is 173 Å². The number of hydrogen-bond acceptors (Lipinski definition) is 3. The van der Waals surface area contributed by atoms with Crippen LogP contribution in [0.15, 0.2) is 52.3 Å². The average molecular weight is 443 g/mol. The summed E-state index contributed by atoms with van der Waals surface area (Å²) in [6.07, 6.45) is 4.30. The summed E-state index contributed by atoms with van der Waals surface area (Å²) in [5.74, 6) is 1.92. The minimum absolute atomic E-state index is 0.405. The second-order valence-electron chi connectivity index (χ2n) is 6.54. The van der Waals surface area contributed by atoms with Crippen molar-refractivity contribution in [3.63, 3.8) is 0 Å². The van der Waals surface area contributed by atoms with Crippen LogP contribution in [-0.4, -0.2) is 14.2 Å². The van der Waals surface area contributed by atoms with Crippen LogP contribution in [0.3, 0.4) is 0 Å². The van der Waals surface area contributed by atoms with Crippen LogP contribution in [-0.2, 0) is 0 Å². The van der Waals surface area contributed by atoms with Gasteiger partial charge in [-0.05, 0) is 62.8 Å². The van der Waals surface area contributed by atoms with Gasteiger partial charge >= 0.3 is 0 Å². The van der Waals surface area contributed by atoms with Crippen molar-refractivity contribution in [1.29, 1.82) is 0 Å². The van der Waals surface area contributed by atoms with Gasteiger partial charge in [0.15, 0.2) is 11.5 Å². The van der Waals surface area contributed by atoms with Crippen molar-refractivity contribution in [2.45, 2.75) is 19.8 Å². The molecule has 3 rings (SSSR count). The molecule has 0 unspecified atom stereocenters. The number of thiophene rings is 1. The van der Waals surface area contributed by atoms with Gasteiger partial charge < -0.3 is 9.47 Å². The highest BCUT2D eigenvalue weighted by atomic mass is 79.9. The maximum atomic E-state index is 5.68. The second kappa shape index (κ2) is 8.77. The molecular formula is C23H23BrO2S. The molecule has 0 amide bonds. The SMILES string of the molecule is COc1cccc(-c2cc(C=Cc3cc(Br)cs3)ccc2C(C)C)c1OC. The van der Waals surface area contributed by atoms with Gasteiger partial charge in [-0.1, -0.05) is 44.2 Å². The molecule has 0 N–H and O–H groups in total. The molecule has 0 saturated carbocycles. The zero-order valence-corrected chi connectivity index (χ0v) is 18.4. The molecule has 4 heteroatoms. The van der Waals surface area contributed by atoms with Gasteiger partial charge in [-0.2, -0.15) is 0 Å². The Balaban J connectivity index is 2.09. The van der Waals surface area contributed by atoms with Crippen molar-refractivity contribution >= 4 is 39.4 Å². The number of rotatable bonds is 6. The summed E-state index contributed by atoms with van der Waals surface area (Å²) in [6.45, 7) is 4.42. The first-order valence-corrected chi connectivity index (χ1v) is 10.5. The lowest BCUT2D eigenvalue weighted by molar-refractivity contribution is 0.356. The molecule has 27 heavy (non-hydrogen) atoms. The molecule has 0 aliphatic rings. The predicted molar refractivity (Wildman–Crippen MR) is 120 cm³/mol. The van der Waals surface area contributed by atoms with E-state index in [1.807, 2.05) is 12.1 Å². The van der Waals surface area contributed by atoms with E-state index in [9.17, 15) is 0 Å². The van der Waals surface area contributed by atoms with E-state index in [4.69, 9.17) is 9.47 Å². The molecule has 1 aromatic heterocycles.